The van der Waals surface area contributed by atoms with Crippen molar-refractivity contribution in [1.29, 1.82) is 0 Å². The molecule has 0 aliphatic heterocycles. The number of amides is 1. The van der Waals surface area contributed by atoms with Gasteiger partial charge >= 0.3 is 0 Å². The summed E-state index contributed by atoms with van der Waals surface area (Å²) in [4.78, 5) is 16.3. The fourth-order valence-electron chi connectivity index (χ4n) is 2.53. The minimum atomic E-state index is -0.0262. The number of hydrogen-bond acceptors (Lipinski definition) is 3. The van der Waals surface area contributed by atoms with Gasteiger partial charge in [0, 0.05) is 6.20 Å². The molecule has 1 unspecified atom stereocenters. The predicted octanol–water partition coefficient (Wildman–Crippen LogP) is 4.72. The summed E-state index contributed by atoms with van der Waals surface area (Å²) in [6.07, 6.45) is 1.73. The zero-order valence-electron chi connectivity index (χ0n) is 14.1. The third-order valence-electron chi connectivity index (χ3n) is 3.88. The van der Waals surface area contributed by atoms with Gasteiger partial charge in [0.2, 0.25) is 5.91 Å². The second kappa shape index (κ2) is 8.49. The molecule has 0 saturated carbocycles. The van der Waals surface area contributed by atoms with Crippen molar-refractivity contribution in [3.05, 3.63) is 84.6 Å². The Labute approximate surface area is 152 Å². The number of thioether (sulfide) groups is 1. The van der Waals surface area contributed by atoms with Gasteiger partial charge in [-0.25, -0.2) is 4.98 Å². The van der Waals surface area contributed by atoms with Crippen molar-refractivity contribution in [3.63, 3.8) is 0 Å². The van der Waals surface area contributed by atoms with Crippen LogP contribution in [0.4, 0.5) is 0 Å². The zero-order chi connectivity index (χ0) is 17.5. The number of hydrogen-bond donors (Lipinski definition) is 1. The molecule has 1 heterocycles. The number of rotatable bonds is 6. The van der Waals surface area contributed by atoms with Crippen LogP contribution in [0.1, 0.15) is 18.5 Å². The molecule has 1 atom stereocenters. The number of carbonyl (C=O) groups is 1. The number of benzene rings is 2. The molecular weight excluding hydrogens is 328 g/mol. The van der Waals surface area contributed by atoms with E-state index in [1.165, 1.54) is 22.9 Å². The van der Waals surface area contributed by atoms with Gasteiger partial charge in [-0.05, 0) is 35.7 Å². The van der Waals surface area contributed by atoms with Crippen LogP contribution in [0, 0.1) is 0 Å². The summed E-state index contributed by atoms with van der Waals surface area (Å²) < 4.78 is 0. The fourth-order valence-corrected chi connectivity index (χ4v) is 3.21. The molecule has 0 fully saturated rings. The van der Waals surface area contributed by atoms with Crippen molar-refractivity contribution in [2.45, 2.75) is 18.0 Å². The Balaban J connectivity index is 1.55. The first-order valence-electron chi connectivity index (χ1n) is 8.21. The van der Waals surface area contributed by atoms with E-state index in [2.05, 4.69) is 46.7 Å². The molecule has 3 aromatic rings. The van der Waals surface area contributed by atoms with Gasteiger partial charge < -0.3 is 5.32 Å². The molecule has 4 heteroatoms. The molecule has 0 saturated heterocycles. The Morgan fingerprint density at radius 3 is 2.32 bits per heavy atom. The molecule has 3 rings (SSSR count). The van der Waals surface area contributed by atoms with Crippen molar-refractivity contribution in [2.24, 2.45) is 0 Å². The molecule has 0 spiro atoms. The molecule has 0 aliphatic rings. The number of carbonyl (C=O) groups excluding carboxylic acids is 1. The summed E-state index contributed by atoms with van der Waals surface area (Å²) in [6, 6.07) is 24.3. The molecule has 126 valence electrons. The standard InChI is InChI=1S/C21H20N2OS/c1-16(23-20(24)15-25-21-9-5-6-14-22-21)17-10-12-19(13-11-17)18-7-3-2-4-8-18/h2-14,16H,15H2,1H3,(H,23,24). The summed E-state index contributed by atoms with van der Waals surface area (Å²) >= 11 is 1.44. The Bertz CT molecular complexity index is 804. The molecule has 0 aliphatic carbocycles. The predicted molar refractivity (Wildman–Crippen MR) is 103 cm³/mol. The quantitative estimate of drug-likeness (QED) is 0.656. The van der Waals surface area contributed by atoms with E-state index in [0.29, 0.717) is 5.75 Å². The SMILES string of the molecule is CC(NC(=O)CSc1ccccn1)c1ccc(-c2ccccc2)cc1. The van der Waals surface area contributed by atoms with E-state index >= 15 is 0 Å². The monoisotopic (exact) mass is 348 g/mol. The normalized spacial score (nSPS) is 11.7. The third kappa shape index (κ3) is 4.94. The smallest absolute Gasteiger partial charge is 0.230 e. The maximum absolute atomic E-state index is 12.1. The summed E-state index contributed by atoms with van der Waals surface area (Å²) in [6.45, 7) is 2.00. The molecule has 0 radical (unpaired) electrons. The van der Waals surface area contributed by atoms with Crippen molar-refractivity contribution in [1.82, 2.24) is 10.3 Å². The van der Waals surface area contributed by atoms with Gasteiger partial charge in [-0.1, -0.05) is 72.4 Å². The first-order chi connectivity index (χ1) is 12.2. The van der Waals surface area contributed by atoms with E-state index in [1.807, 2.05) is 43.3 Å². The highest BCUT2D eigenvalue weighted by molar-refractivity contribution is 7.99. The van der Waals surface area contributed by atoms with Crippen LogP contribution in [-0.2, 0) is 4.79 Å². The van der Waals surface area contributed by atoms with Crippen LogP contribution in [0.5, 0.6) is 0 Å². The van der Waals surface area contributed by atoms with Crippen molar-refractivity contribution in [3.8, 4) is 11.1 Å². The van der Waals surface area contributed by atoms with E-state index in [-0.39, 0.29) is 11.9 Å². The summed E-state index contributed by atoms with van der Waals surface area (Å²) in [5.41, 5.74) is 3.46. The van der Waals surface area contributed by atoms with E-state index < -0.39 is 0 Å². The molecule has 0 bridgehead atoms. The third-order valence-corrected chi connectivity index (χ3v) is 4.83. The van der Waals surface area contributed by atoms with Gasteiger partial charge in [-0.2, -0.15) is 0 Å². The van der Waals surface area contributed by atoms with Crippen LogP contribution in [0.25, 0.3) is 11.1 Å². The minimum Gasteiger partial charge on any atom is -0.349 e. The van der Waals surface area contributed by atoms with E-state index in [9.17, 15) is 4.79 Å². The number of nitrogens with zero attached hydrogens (tertiary/aromatic N) is 1. The van der Waals surface area contributed by atoms with Crippen molar-refractivity contribution in [2.75, 3.05) is 5.75 Å². The summed E-state index contributed by atoms with van der Waals surface area (Å²) in [5.74, 6) is 0.374. The van der Waals surface area contributed by atoms with Gasteiger partial charge in [0.25, 0.3) is 0 Å². The molecule has 1 amide bonds. The van der Waals surface area contributed by atoms with Gasteiger partial charge in [0.05, 0.1) is 16.8 Å². The molecular formula is C21H20N2OS. The average Bonchev–Trinajstić information content (AvgIpc) is 2.68. The van der Waals surface area contributed by atoms with Crippen LogP contribution in [0.3, 0.4) is 0 Å². The number of nitrogens with one attached hydrogen (secondary N) is 1. The Morgan fingerprint density at radius 2 is 1.64 bits per heavy atom. The van der Waals surface area contributed by atoms with Gasteiger partial charge in [0.1, 0.15) is 0 Å². The molecule has 25 heavy (non-hydrogen) atoms. The lowest BCUT2D eigenvalue weighted by Crippen LogP contribution is -2.28. The topological polar surface area (TPSA) is 42.0 Å². The maximum atomic E-state index is 12.1. The van der Waals surface area contributed by atoms with Crippen LogP contribution < -0.4 is 5.32 Å². The highest BCUT2D eigenvalue weighted by atomic mass is 32.2. The zero-order valence-corrected chi connectivity index (χ0v) is 14.9. The largest absolute Gasteiger partial charge is 0.349 e. The first kappa shape index (κ1) is 17.2. The molecule has 3 nitrogen and oxygen atoms in total. The lowest BCUT2D eigenvalue weighted by Gasteiger charge is -2.15. The highest BCUT2D eigenvalue weighted by Crippen LogP contribution is 2.22. The maximum Gasteiger partial charge on any atom is 0.230 e. The van der Waals surface area contributed by atoms with Crippen molar-refractivity contribution >= 4 is 17.7 Å². The van der Waals surface area contributed by atoms with Crippen LogP contribution in [-0.4, -0.2) is 16.6 Å². The first-order valence-corrected chi connectivity index (χ1v) is 9.19. The van der Waals surface area contributed by atoms with Gasteiger partial charge in [0.15, 0.2) is 0 Å². The Kier molecular flexibility index (Phi) is 5.86. The average molecular weight is 348 g/mol. The molecule has 1 aromatic heterocycles. The Morgan fingerprint density at radius 1 is 0.960 bits per heavy atom. The second-order valence-corrected chi connectivity index (χ2v) is 6.73. The van der Waals surface area contributed by atoms with E-state index in [1.54, 1.807) is 6.20 Å². The Hall–Kier alpha value is -2.59. The number of aromatic nitrogens is 1. The van der Waals surface area contributed by atoms with E-state index in [0.717, 1.165) is 10.6 Å². The minimum absolute atomic E-state index is 0.00953. The van der Waals surface area contributed by atoms with Gasteiger partial charge in [-0.15, -0.1) is 0 Å². The van der Waals surface area contributed by atoms with Gasteiger partial charge in [-0.3, -0.25) is 4.79 Å². The lowest BCUT2D eigenvalue weighted by molar-refractivity contribution is -0.119. The summed E-state index contributed by atoms with van der Waals surface area (Å²) in [5, 5.41) is 3.90. The fraction of sp³-hybridized carbons (Fsp3) is 0.143. The van der Waals surface area contributed by atoms with Crippen LogP contribution >= 0.6 is 11.8 Å². The van der Waals surface area contributed by atoms with Crippen LogP contribution in [0.15, 0.2) is 84.0 Å². The lowest BCUT2D eigenvalue weighted by atomic mass is 10.0. The highest BCUT2D eigenvalue weighted by Gasteiger charge is 2.10. The molecule has 2 aromatic carbocycles. The van der Waals surface area contributed by atoms with Crippen molar-refractivity contribution < 1.29 is 4.79 Å². The summed E-state index contributed by atoms with van der Waals surface area (Å²) in [7, 11) is 0. The van der Waals surface area contributed by atoms with E-state index in [4.69, 9.17) is 0 Å². The second-order valence-electron chi connectivity index (χ2n) is 5.73. The van der Waals surface area contributed by atoms with Crippen LogP contribution in [0.2, 0.25) is 0 Å². The number of pyridine rings is 1. The molecule has 1 N–H and O–H groups in total.